The van der Waals surface area contributed by atoms with Crippen LogP contribution < -0.4 is 5.32 Å². The molecule has 0 spiro atoms. The molecule has 3 fully saturated rings. The monoisotopic (exact) mass is 376 g/mol. The average molecular weight is 376 g/mol. The van der Waals surface area contributed by atoms with Crippen LogP contribution >= 0.6 is 0 Å². The van der Waals surface area contributed by atoms with E-state index < -0.39 is 0 Å². The summed E-state index contributed by atoms with van der Waals surface area (Å²) in [6.07, 6.45) is 0. The van der Waals surface area contributed by atoms with Crippen LogP contribution in [0.15, 0.2) is 72.8 Å². The highest BCUT2D eigenvalue weighted by Gasteiger charge is 2.46. The molecule has 0 aliphatic carbocycles. The first-order chi connectivity index (χ1) is 13.7. The summed E-state index contributed by atoms with van der Waals surface area (Å²) < 4.78 is 26.9. The van der Waals surface area contributed by atoms with Crippen molar-refractivity contribution >= 4 is 0 Å². The van der Waals surface area contributed by atoms with E-state index in [2.05, 4.69) is 34.5 Å². The van der Waals surface area contributed by atoms with Crippen LogP contribution in [-0.4, -0.2) is 30.1 Å². The predicted molar refractivity (Wildman–Crippen MR) is 107 cm³/mol. The summed E-state index contributed by atoms with van der Waals surface area (Å²) in [4.78, 5) is 2.40. The van der Waals surface area contributed by atoms with Crippen LogP contribution in [0.2, 0.25) is 0 Å². The Labute approximate surface area is 163 Å². The van der Waals surface area contributed by atoms with Crippen LogP contribution in [-0.2, 0) is 6.54 Å². The molecule has 3 heterocycles. The first-order valence-electron chi connectivity index (χ1n) is 9.74. The Morgan fingerprint density at radius 2 is 1.46 bits per heavy atom. The Hall–Kier alpha value is -2.56. The van der Waals surface area contributed by atoms with Crippen molar-refractivity contribution in [3.63, 3.8) is 0 Å². The molecule has 0 amide bonds. The lowest BCUT2D eigenvalue weighted by atomic mass is 9.74. The summed E-state index contributed by atoms with van der Waals surface area (Å²) in [6.45, 7) is 2.71. The molecule has 3 aliphatic rings. The number of benzene rings is 3. The van der Waals surface area contributed by atoms with E-state index in [9.17, 15) is 8.78 Å². The lowest BCUT2D eigenvalue weighted by molar-refractivity contribution is 0.0470. The summed E-state index contributed by atoms with van der Waals surface area (Å²) in [7, 11) is 0. The molecule has 6 rings (SSSR count). The van der Waals surface area contributed by atoms with Gasteiger partial charge in [-0.25, -0.2) is 8.78 Å². The number of halogens is 2. The van der Waals surface area contributed by atoms with Crippen LogP contribution in [0.5, 0.6) is 0 Å². The number of piperazine rings is 1. The number of hydrogen-bond donors (Lipinski definition) is 1. The zero-order valence-electron chi connectivity index (χ0n) is 15.5. The Bertz CT molecular complexity index is 974. The fourth-order valence-corrected chi connectivity index (χ4v) is 4.66. The van der Waals surface area contributed by atoms with Crippen molar-refractivity contribution in [1.29, 1.82) is 0 Å². The highest BCUT2D eigenvalue weighted by atomic mass is 19.1. The summed E-state index contributed by atoms with van der Waals surface area (Å²) in [5.74, 6) is 0.122. The number of piperidine rings is 1. The maximum absolute atomic E-state index is 13.5. The fraction of sp³-hybridized carbons (Fsp3) is 0.250. The van der Waals surface area contributed by atoms with E-state index in [1.54, 1.807) is 24.3 Å². The minimum atomic E-state index is -0.210. The Balaban J connectivity index is 1.26. The molecule has 0 aromatic heterocycles. The highest BCUT2D eigenvalue weighted by Crippen LogP contribution is 2.38. The van der Waals surface area contributed by atoms with Gasteiger partial charge in [0.2, 0.25) is 0 Å². The third-order valence-corrected chi connectivity index (χ3v) is 5.95. The molecule has 3 atom stereocenters. The first-order valence-corrected chi connectivity index (χ1v) is 9.74. The second-order valence-electron chi connectivity index (χ2n) is 7.86. The van der Waals surface area contributed by atoms with E-state index in [1.165, 1.54) is 17.7 Å². The minimum Gasteiger partial charge on any atom is -0.307 e. The van der Waals surface area contributed by atoms with Gasteiger partial charge in [0, 0.05) is 37.6 Å². The maximum Gasteiger partial charge on any atom is 0.123 e. The molecule has 3 aromatic carbocycles. The van der Waals surface area contributed by atoms with E-state index in [0.29, 0.717) is 18.0 Å². The van der Waals surface area contributed by atoms with Crippen molar-refractivity contribution in [2.75, 3.05) is 13.1 Å². The van der Waals surface area contributed by atoms with Crippen molar-refractivity contribution in [2.45, 2.75) is 24.5 Å². The minimum absolute atomic E-state index is 0.172. The summed E-state index contributed by atoms with van der Waals surface area (Å²) in [5.41, 5.74) is 4.30. The van der Waals surface area contributed by atoms with Gasteiger partial charge in [0.15, 0.2) is 0 Å². The number of hydrogen-bond acceptors (Lipinski definition) is 2. The van der Waals surface area contributed by atoms with Gasteiger partial charge in [-0.05, 0) is 46.5 Å². The van der Waals surface area contributed by atoms with Crippen molar-refractivity contribution in [2.24, 2.45) is 0 Å². The van der Waals surface area contributed by atoms with Crippen LogP contribution in [0.1, 0.15) is 17.0 Å². The smallest absolute Gasteiger partial charge is 0.123 e. The van der Waals surface area contributed by atoms with Crippen LogP contribution in [0.4, 0.5) is 8.78 Å². The van der Waals surface area contributed by atoms with E-state index in [0.717, 1.165) is 36.3 Å². The topological polar surface area (TPSA) is 15.3 Å². The zero-order valence-corrected chi connectivity index (χ0v) is 15.5. The predicted octanol–water partition coefficient (Wildman–Crippen LogP) is 4.57. The first kappa shape index (κ1) is 17.5. The van der Waals surface area contributed by atoms with Gasteiger partial charge in [0.25, 0.3) is 0 Å². The van der Waals surface area contributed by atoms with Gasteiger partial charge >= 0.3 is 0 Å². The molecule has 2 nitrogen and oxygen atoms in total. The number of nitrogens with one attached hydrogen (secondary N) is 1. The summed E-state index contributed by atoms with van der Waals surface area (Å²) in [5, 5.41) is 3.64. The molecule has 2 bridgehead atoms. The van der Waals surface area contributed by atoms with E-state index in [-0.39, 0.29) is 11.6 Å². The van der Waals surface area contributed by atoms with E-state index in [4.69, 9.17) is 0 Å². The van der Waals surface area contributed by atoms with Crippen LogP contribution in [0.3, 0.4) is 0 Å². The zero-order chi connectivity index (χ0) is 19.1. The van der Waals surface area contributed by atoms with Gasteiger partial charge in [-0.1, -0.05) is 48.5 Å². The molecule has 1 N–H and O–H groups in total. The fourth-order valence-electron chi connectivity index (χ4n) is 4.66. The molecule has 28 heavy (non-hydrogen) atoms. The second kappa shape index (κ2) is 7.12. The lowest BCUT2D eigenvalue weighted by Gasteiger charge is -2.55. The number of nitrogens with zero attached hydrogens (tertiary/aromatic N) is 1. The highest BCUT2D eigenvalue weighted by molar-refractivity contribution is 5.63. The SMILES string of the molecule is Fc1cccc(CN2C[C@@H]3N[C@H](C2)C3c2ccc(-c3cccc(F)c3)cc2)c1. The quantitative estimate of drug-likeness (QED) is 0.718. The normalized spacial score (nSPS) is 24.0. The second-order valence-corrected chi connectivity index (χ2v) is 7.86. The van der Waals surface area contributed by atoms with Crippen LogP contribution in [0.25, 0.3) is 11.1 Å². The third-order valence-electron chi connectivity index (χ3n) is 5.95. The molecular formula is C24H22F2N2. The maximum atomic E-state index is 13.5. The van der Waals surface area contributed by atoms with Gasteiger partial charge in [-0.15, -0.1) is 0 Å². The van der Waals surface area contributed by atoms with Gasteiger partial charge < -0.3 is 5.32 Å². The molecule has 3 aliphatic heterocycles. The van der Waals surface area contributed by atoms with Gasteiger partial charge in [-0.2, -0.15) is 0 Å². The molecule has 142 valence electrons. The average Bonchev–Trinajstić information content (AvgIpc) is 2.68. The largest absolute Gasteiger partial charge is 0.307 e. The molecular weight excluding hydrogens is 354 g/mol. The van der Waals surface area contributed by atoms with Crippen molar-refractivity contribution < 1.29 is 8.78 Å². The molecule has 3 aromatic rings. The standard InChI is InChI=1S/C24H22F2N2/c25-20-5-1-3-16(11-20)13-28-14-22-24(23(15-28)27-22)18-9-7-17(8-10-18)19-4-2-6-21(26)12-19/h1-12,22-24,27H,13-15H2/t22-,23+,24?. The summed E-state index contributed by atoms with van der Waals surface area (Å²) in [6, 6.07) is 22.9. The van der Waals surface area contributed by atoms with Crippen molar-refractivity contribution in [1.82, 2.24) is 10.2 Å². The van der Waals surface area contributed by atoms with E-state index >= 15 is 0 Å². The Kier molecular flexibility index (Phi) is 4.46. The molecule has 4 heteroatoms. The Morgan fingerprint density at radius 1 is 0.786 bits per heavy atom. The van der Waals surface area contributed by atoms with Crippen LogP contribution in [0, 0.1) is 11.6 Å². The number of rotatable bonds is 4. The van der Waals surface area contributed by atoms with Gasteiger partial charge in [0.1, 0.15) is 11.6 Å². The number of fused-ring (bicyclic) bond motifs is 2. The third kappa shape index (κ3) is 3.34. The van der Waals surface area contributed by atoms with Crippen molar-refractivity contribution in [3.8, 4) is 11.1 Å². The molecule has 0 saturated carbocycles. The van der Waals surface area contributed by atoms with Gasteiger partial charge in [0.05, 0.1) is 0 Å². The molecule has 0 radical (unpaired) electrons. The molecule has 1 unspecified atom stereocenters. The van der Waals surface area contributed by atoms with E-state index in [1.807, 2.05) is 12.1 Å². The lowest BCUT2D eigenvalue weighted by Crippen LogP contribution is -2.71. The van der Waals surface area contributed by atoms with Gasteiger partial charge in [-0.3, -0.25) is 4.90 Å². The summed E-state index contributed by atoms with van der Waals surface area (Å²) >= 11 is 0. The molecule has 3 saturated heterocycles. The van der Waals surface area contributed by atoms with Crippen molar-refractivity contribution in [3.05, 3.63) is 95.6 Å². The Morgan fingerprint density at radius 3 is 2.14 bits per heavy atom.